The fourth-order valence-electron chi connectivity index (χ4n) is 2.57. The van der Waals surface area contributed by atoms with Crippen molar-refractivity contribution in [2.24, 2.45) is 11.8 Å². The number of likely N-dealkylation sites (tertiary alicyclic amines) is 1. The highest BCUT2D eigenvalue weighted by Crippen LogP contribution is 2.21. The first-order valence-electron chi connectivity index (χ1n) is 7.16. The Morgan fingerprint density at radius 1 is 1.37 bits per heavy atom. The molecule has 2 N–H and O–H groups in total. The summed E-state index contributed by atoms with van der Waals surface area (Å²) in [5.74, 6) is -0.298. The average Bonchev–Trinajstić information content (AvgIpc) is 2.35. The van der Waals surface area contributed by atoms with E-state index in [9.17, 15) is 9.59 Å². The molecule has 0 radical (unpaired) electrons. The van der Waals surface area contributed by atoms with Gasteiger partial charge >= 0.3 is 5.97 Å². The maximum absolute atomic E-state index is 11.8. The summed E-state index contributed by atoms with van der Waals surface area (Å²) in [7, 11) is 0. The van der Waals surface area contributed by atoms with Crippen LogP contribution in [0.1, 0.15) is 40.0 Å². The smallest absolute Gasteiger partial charge is 0.303 e. The van der Waals surface area contributed by atoms with Crippen LogP contribution in [-0.2, 0) is 9.59 Å². The first kappa shape index (κ1) is 16.0. The molecule has 0 spiro atoms. The van der Waals surface area contributed by atoms with Gasteiger partial charge in [-0.05, 0) is 25.3 Å². The van der Waals surface area contributed by atoms with Gasteiger partial charge in [-0.2, -0.15) is 0 Å². The number of carboxylic acid groups (broad SMARTS) is 1. The molecule has 1 heterocycles. The Balaban J connectivity index is 2.52. The Bertz CT molecular complexity index is 318. The number of hydrogen-bond acceptors (Lipinski definition) is 3. The number of nitrogens with one attached hydrogen (secondary N) is 1. The van der Waals surface area contributed by atoms with Gasteiger partial charge in [-0.1, -0.05) is 20.8 Å². The van der Waals surface area contributed by atoms with Crippen molar-refractivity contribution in [3.8, 4) is 0 Å². The molecule has 110 valence electrons. The predicted molar refractivity (Wildman–Crippen MR) is 73.9 cm³/mol. The van der Waals surface area contributed by atoms with Crippen LogP contribution in [0.15, 0.2) is 0 Å². The molecule has 0 aromatic heterocycles. The molecule has 1 rings (SSSR count). The molecule has 19 heavy (non-hydrogen) atoms. The average molecular weight is 270 g/mol. The maximum Gasteiger partial charge on any atom is 0.303 e. The molecule has 5 heteroatoms. The van der Waals surface area contributed by atoms with Crippen LogP contribution in [0.4, 0.5) is 0 Å². The Morgan fingerprint density at radius 2 is 2.05 bits per heavy atom. The van der Waals surface area contributed by atoms with Crippen LogP contribution < -0.4 is 5.32 Å². The minimum atomic E-state index is -0.739. The van der Waals surface area contributed by atoms with E-state index < -0.39 is 5.97 Å². The topological polar surface area (TPSA) is 69.6 Å². The van der Waals surface area contributed by atoms with Crippen molar-refractivity contribution in [2.75, 3.05) is 19.6 Å². The van der Waals surface area contributed by atoms with E-state index >= 15 is 0 Å². The van der Waals surface area contributed by atoms with Gasteiger partial charge in [0.25, 0.3) is 0 Å². The first-order chi connectivity index (χ1) is 8.92. The van der Waals surface area contributed by atoms with Gasteiger partial charge < -0.3 is 15.3 Å². The second-order valence-corrected chi connectivity index (χ2v) is 5.75. The molecule has 1 amide bonds. The van der Waals surface area contributed by atoms with Gasteiger partial charge in [0, 0.05) is 31.5 Å². The Morgan fingerprint density at radius 3 is 2.58 bits per heavy atom. The van der Waals surface area contributed by atoms with Crippen molar-refractivity contribution in [3.63, 3.8) is 0 Å². The van der Waals surface area contributed by atoms with Crippen LogP contribution in [0.5, 0.6) is 0 Å². The molecule has 1 fully saturated rings. The van der Waals surface area contributed by atoms with Crippen LogP contribution in [0.25, 0.3) is 0 Å². The van der Waals surface area contributed by atoms with E-state index in [2.05, 4.69) is 17.1 Å². The van der Waals surface area contributed by atoms with Crippen molar-refractivity contribution < 1.29 is 14.7 Å². The summed E-state index contributed by atoms with van der Waals surface area (Å²) in [5.41, 5.74) is 0. The third-order valence-electron chi connectivity index (χ3n) is 3.70. The lowest BCUT2D eigenvalue weighted by molar-refractivity contribution is -0.137. The number of likely N-dealkylation sites (N-methyl/N-ethyl adjacent to an activating group) is 1. The highest BCUT2D eigenvalue weighted by Gasteiger charge is 2.28. The van der Waals surface area contributed by atoms with Crippen molar-refractivity contribution in [1.29, 1.82) is 0 Å². The molecule has 0 aromatic rings. The van der Waals surface area contributed by atoms with E-state index in [4.69, 9.17) is 5.11 Å². The molecular formula is C14H26N2O3. The summed E-state index contributed by atoms with van der Waals surface area (Å²) >= 11 is 0. The highest BCUT2D eigenvalue weighted by molar-refractivity contribution is 5.78. The zero-order chi connectivity index (χ0) is 14.4. The lowest BCUT2D eigenvalue weighted by Crippen LogP contribution is -2.51. The summed E-state index contributed by atoms with van der Waals surface area (Å²) in [6, 6.07) is 0.155. The SMILES string of the molecule is CCN1CC(CCC(=O)O)CC(NC(=O)C(C)C)C1. The Labute approximate surface area is 115 Å². The molecule has 0 aliphatic carbocycles. The van der Waals surface area contributed by atoms with E-state index in [1.807, 2.05) is 13.8 Å². The van der Waals surface area contributed by atoms with Crippen molar-refractivity contribution in [3.05, 3.63) is 0 Å². The molecule has 1 saturated heterocycles. The van der Waals surface area contributed by atoms with Gasteiger partial charge in [-0.15, -0.1) is 0 Å². The van der Waals surface area contributed by atoms with Crippen LogP contribution >= 0.6 is 0 Å². The fraction of sp³-hybridized carbons (Fsp3) is 0.857. The van der Waals surface area contributed by atoms with Gasteiger partial charge in [-0.25, -0.2) is 0 Å². The zero-order valence-electron chi connectivity index (χ0n) is 12.2. The predicted octanol–water partition coefficient (Wildman–Crippen LogP) is 1.33. The molecule has 1 aliphatic rings. The molecule has 2 atom stereocenters. The minimum Gasteiger partial charge on any atom is -0.481 e. The monoisotopic (exact) mass is 270 g/mol. The van der Waals surface area contributed by atoms with Gasteiger partial charge in [0.1, 0.15) is 0 Å². The summed E-state index contributed by atoms with van der Waals surface area (Å²) in [4.78, 5) is 24.7. The summed E-state index contributed by atoms with van der Waals surface area (Å²) in [5, 5.41) is 11.8. The lowest BCUT2D eigenvalue weighted by atomic mass is 9.90. The molecule has 0 saturated carbocycles. The normalized spacial score (nSPS) is 24.4. The largest absolute Gasteiger partial charge is 0.481 e. The van der Waals surface area contributed by atoms with Gasteiger partial charge in [0.15, 0.2) is 0 Å². The molecule has 2 unspecified atom stereocenters. The van der Waals surface area contributed by atoms with E-state index in [-0.39, 0.29) is 24.3 Å². The zero-order valence-corrected chi connectivity index (χ0v) is 12.2. The van der Waals surface area contributed by atoms with Crippen LogP contribution in [0.3, 0.4) is 0 Å². The molecule has 0 bridgehead atoms. The quantitative estimate of drug-likeness (QED) is 0.764. The van der Waals surface area contributed by atoms with Crippen LogP contribution in [0.2, 0.25) is 0 Å². The van der Waals surface area contributed by atoms with Crippen molar-refractivity contribution in [2.45, 2.75) is 46.1 Å². The standard InChI is InChI=1S/C14H26N2O3/c1-4-16-8-11(5-6-13(17)18)7-12(9-16)15-14(19)10(2)3/h10-12H,4-9H2,1-3H3,(H,15,19)(H,17,18). The second-order valence-electron chi connectivity index (χ2n) is 5.75. The molecule has 5 nitrogen and oxygen atoms in total. The number of carbonyl (C=O) groups excluding carboxylic acids is 1. The summed E-state index contributed by atoms with van der Waals surface area (Å²) < 4.78 is 0. The van der Waals surface area contributed by atoms with Crippen molar-refractivity contribution >= 4 is 11.9 Å². The number of carboxylic acids is 1. The first-order valence-corrected chi connectivity index (χ1v) is 7.16. The van der Waals surface area contributed by atoms with Gasteiger partial charge in [0.05, 0.1) is 0 Å². The number of amides is 1. The molecular weight excluding hydrogens is 244 g/mol. The van der Waals surface area contributed by atoms with Crippen LogP contribution in [-0.4, -0.2) is 47.6 Å². The maximum atomic E-state index is 11.8. The highest BCUT2D eigenvalue weighted by atomic mass is 16.4. The minimum absolute atomic E-state index is 0.00512. The van der Waals surface area contributed by atoms with E-state index in [0.717, 1.165) is 26.1 Å². The number of nitrogens with zero attached hydrogens (tertiary/aromatic N) is 1. The number of hydrogen-bond donors (Lipinski definition) is 2. The second kappa shape index (κ2) is 7.48. The third-order valence-corrected chi connectivity index (χ3v) is 3.70. The van der Waals surface area contributed by atoms with Crippen LogP contribution in [0, 0.1) is 11.8 Å². The van der Waals surface area contributed by atoms with Gasteiger partial charge in [-0.3, -0.25) is 9.59 Å². The van der Waals surface area contributed by atoms with Gasteiger partial charge in [0.2, 0.25) is 5.91 Å². The number of carbonyl (C=O) groups is 2. The Kier molecular flexibility index (Phi) is 6.28. The number of aliphatic carboxylic acids is 1. The molecule has 0 aromatic carbocycles. The third kappa shape index (κ3) is 5.59. The summed E-state index contributed by atoms with van der Waals surface area (Å²) in [6.45, 7) is 8.63. The van der Waals surface area contributed by atoms with E-state index in [1.54, 1.807) is 0 Å². The summed E-state index contributed by atoms with van der Waals surface area (Å²) in [6.07, 6.45) is 1.80. The number of rotatable bonds is 6. The number of piperidine rings is 1. The van der Waals surface area contributed by atoms with E-state index in [0.29, 0.717) is 12.3 Å². The van der Waals surface area contributed by atoms with E-state index in [1.165, 1.54) is 0 Å². The fourth-order valence-corrected chi connectivity index (χ4v) is 2.57. The lowest BCUT2D eigenvalue weighted by Gasteiger charge is -2.37. The Hall–Kier alpha value is -1.10. The molecule has 1 aliphatic heterocycles. The van der Waals surface area contributed by atoms with Crippen molar-refractivity contribution in [1.82, 2.24) is 10.2 Å².